The van der Waals surface area contributed by atoms with E-state index >= 15 is 0 Å². The zero-order chi connectivity index (χ0) is 53.3. The summed E-state index contributed by atoms with van der Waals surface area (Å²) in [5.41, 5.74) is 8.96. The van der Waals surface area contributed by atoms with Crippen LogP contribution in [0.4, 0.5) is 0 Å². The molecular weight excluding hydrogens is 1310 g/mol. The molecule has 0 amide bonds. The SMILES string of the molecule is Cc1cc(OCSC(N)=[NH2+])cc(OS(=O)(=O)c2[c-]cccc2)c1.Cc1cc(OC[n+]2ccsc2C)cc(OS(=O)(=O)c2[c-]cccc2)c1.Cc1cc[n+](COc2cc(C)cc(OS(=O)(=O)c3[c-]cccc3)c2)cc1.[Y].[Y].[Y]. The van der Waals surface area contributed by atoms with Crippen LogP contribution in [-0.4, -0.2) is 36.4 Å². The number of nitrogens with zero attached hydrogens (tertiary/aromatic N) is 2. The maximum atomic E-state index is 12.3. The van der Waals surface area contributed by atoms with Gasteiger partial charge in [-0.1, -0.05) is 11.3 Å². The predicted molar refractivity (Wildman–Crippen MR) is 279 cm³/mol. The largest absolute Gasteiger partial charge is 0.482 e. The number of ether oxygens (including phenoxy) is 3. The van der Waals surface area contributed by atoms with Crippen molar-refractivity contribution in [3.8, 4) is 34.5 Å². The van der Waals surface area contributed by atoms with Crippen LogP contribution in [0.25, 0.3) is 0 Å². The molecule has 2 heterocycles. The van der Waals surface area contributed by atoms with Crippen molar-refractivity contribution in [2.45, 2.75) is 62.8 Å². The third-order valence-corrected chi connectivity index (χ3v) is 14.7. The molecule has 0 atom stereocenters. The number of hydrogen-bond acceptors (Lipinski definition) is 14. The molecule has 16 nitrogen and oxygen atoms in total. The first kappa shape index (κ1) is 67.2. The Morgan fingerprint density at radius 2 is 0.896 bits per heavy atom. The fourth-order valence-electron chi connectivity index (χ4n) is 6.23. The summed E-state index contributed by atoms with van der Waals surface area (Å²) >= 11 is 2.76. The van der Waals surface area contributed by atoms with Gasteiger partial charge in [-0.25, -0.2) is 0 Å². The van der Waals surface area contributed by atoms with E-state index in [1.807, 2.05) is 85.1 Å². The summed E-state index contributed by atoms with van der Waals surface area (Å²) in [7, 11) is -11.8. The van der Waals surface area contributed by atoms with Gasteiger partial charge in [0.05, 0.1) is 5.38 Å². The molecule has 395 valence electrons. The molecule has 77 heavy (non-hydrogen) atoms. The van der Waals surface area contributed by atoms with Crippen molar-refractivity contribution < 1.29 is 165 Å². The fourth-order valence-corrected chi connectivity index (χ4v) is 9.91. The molecule has 0 fully saturated rings. The van der Waals surface area contributed by atoms with Crippen molar-refractivity contribution in [2.24, 2.45) is 5.73 Å². The van der Waals surface area contributed by atoms with E-state index in [1.165, 1.54) is 42.5 Å². The normalized spacial score (nSPS) is 10.7. The second-order valence-corrected chi connectivity index (χ2v) is 22.5. The Labute approximate surface area is 534 Å². The standard InChI is InChI=1S/C20H19NO4S.C18H17NO4S2.C15H15N2O4S2.3Y/c1-16-8-10-21(11-9-16)15-24-18-12-17(2)13-19(14-18)25-26(22,23)20-6-4-3-5-7-20;1-14-10-16(22-13-19-8-9-24-15(19)2)12-17(11-14)23-25(20,21)18-6-4-3-5-7-18;1-11-7-12(20-10-22-15(16)17)9-13(8-11)21-23(18,19)14-5-3-2-4-6-14;;;/h3-6,8-14H,15H2,1-2H3;3-6,8-12H,13H2,1-2H3;2-5,7-9H,10H2,1H3,(H3,16,17);;;/q;;-1;;;/p+1. The first-order chi connectivity index (χ1) is 35.2. The molecule has 6 aromatic carbocycles. The Morgan fingerprint density at radius 3 is 1.25 bits per heavy atom. The minimum atomic E-state index is -3.94. The monoisotopic (exact) mass is 1360 g/mol. The van der Waals surface area contributed by atoms with Crippen LogP contribution in [0.3, 0.4) is 0 Å². The summed E-state index contributed by atoms with van der Waals surface area (Å²) in [6.45, 7) is 10.2. The number of pyridine rings is 1. The smallest absolute Gasteiger partial charge is 0.315 e. The predicted octanol–water partition coefficient (Wildman–Crippen LogP) is 7.15. The van der Waals surface area contributed by atoms with E-state index in [1.54, 1.807) is 91.1 Å². The third-order valence-electron chi connectivity index (χ3n) is 9.68. The molecular formula is C53H52N4O12S5Y3. The zero-order valence-electron chi connectivity index (χ0n) is 42.4. The topological polar surface area (TPSA) is 217 Å². The molecule has 0 aliphatic heterocycles. The van der Waals surface area contributed by atoms with Crippen molar-refractivity contribution in [1.29, 1.82) is 0 Å². The number of aryl methyl sites for hydroxylation is 5. The molecule has 0 bridgehead atoms. The van der Waals surface area contributed by atoms with Gasteiger partial charge >= 0.3 is 35.5 Å². The number of benzene rings is 6. The molecule has 8 rings (SSSR count). The van der Waals surface area contributed by atoms with Crippen LogP contribution < -0.4 is 47.0 Å². The van der Waals surface area contributed by atoms with E-state index in [9.17, 15) is 25.3 Å². The van der Waals surface area contributed by atoms with Crippen LogP contribution in [0.1, 0.15) is 27.3 Å². The molecule has 0 spiro atoms. The van der Waals surface area contributed by atoms with E-state index in [2.05, 4.69) is 18.2 Å². The van der Waals surface area contributed by atoms with Gasteiger partial charge in [0, 0.05) is 147 Å². The molecule has 24 heteroatoms. The van der Waals surface area contributed by atoms with Gasteiger partial charge in [-0.2, -0.15) is 107 Å². The Morgan fingerprint density at radius 1 is 0.519 bits per heavy atom. The maximum Gasteiger partial charge on any atom is 0.315 e. The Bertz CT molecular complexity index is 3500. The van der Waals surface area contributed by atoms with Crippen molar-refractivity contribution in [3.63, 3.8) is 0 Å². The van der Waals surface area contributed by atoms with Gasteiger partial charge in [-0.3, -0.25) is 11.1 Å². The second kappa shape index (κ2) is 32.2. The first-order valence-corrected chi connectivity index (χ1v) is 28.2. The molecule has 8 aromatic rings. The summed E-state index contributed by atoms with van der Waals surface area (Å²) in [4.78, 5) is -0.0624. The van der Waals surface area contributed by atoms with Gasteiger partial charge in [-0.05, 0) is 101 Å². The van der Waals surface area contributed by atoms with Crippen LogP contribution >= 0.6 is 23.1 Å². The summed E-state index contributed by atoms with van der Waals surface area (Å²) in [6, 6.07) is 45.6. The van der Waals surface area contributed by atoms with Crippen molar-refractivity contribution >= 4 is 58.6 Å². The molecule has 0 aliphatic rings. The van der Waals surface area contributed by atoms with Crippen molar-refractivity contribution in [3.05, 3.63) is 209 Å². The maximum absolute atomic E-state index is 12.3. The number of rotatable bonds is 18. The van der Waals surface area contributed by atoms with Crippen molar-refractivity contribution in [2.75, 3.05) is 5.94 Å². The number of thioether (sulfide) groups is 1. The van der Waals surface area contributed by atoms with Crippen LogP contribution in [0.2, 0.25) is 0 Å². The van der Waals surface area contributed by atoms with E-state index in [-0.39, 0.29) is 141 Å². The van der Waals surface area contributed by atoms with Gasteiger partial charge < -0.3 is 26.8 Å². The van der Waals surface area contributed by atoms with Crippen LogP contribution in [0.5, 0.6) is 34.5 Å². The minimum absolute atomic E-state index is 0. The summed E-state index contributed by atoms with van der Waals surface area (Å²) in [5, 5.41) is 8.62. The number of thiazole rings is 1. The summed E-state index contributed by atoms with van der Waals surface area (Å²) in [6.07, 6.45) is 5.76. The molecule has 0 saturated carbocycles. The average Bonchev–Trinajstić information content (AvgIpc) is 3.77. The third kappa shape index (κ3) is 22.5. The number of amidine groups is 1. The first-order valence-electron chi connectivity index (χ1n) is 22.1. The minimum Gasteiger partial charge on any atom is -0.482 e. The Kier molecular flexibility index (Phi) is 28.1. The Balaban J connectivity index is 0.000000299. The fraction of sp³-hybridized carbons (Fsp3) is 0.151. The molecule has 0 unspecified atom stereocenters. The van der Waals surface area contributed by atoms with Crippen molar-refractivity contribution in [1.82, 2.24) is 0 Å². The van der Waals surface area contributed by atoms with E-state index < -0.39 is 30.4 Å². The Hall–Kier alpha value is -4.12. The van der Waals surface area contributed by atoms with Gasteiger partial charge in [0.15, 0.2) is 18.6 Å². The number of nitrogens with two attached hydrogens (primary N) is 2. The number of aromatic nitrogens is 2. The molecule has 2 aromatic heterocycles. The second-order valence-electron chi connectivity index (χ2n) is 15.9. The molecule has 0 aliphatic carbocycles. The van der Waals surface area contributed by atoms with E-state index in [4.69, 9.17) is 37.9 Å². The average molecular weight is 1360 g/mol. The van der Waals surface area contributed by atoms with Gasteiger partial charge in [0.25, 0.3) is 13.5 Å². The molecule has 3 radical (unpaired) electrons. The van der Waals surface area contributed by atoms with Crippen LogP contribution in [-0.2, 0) is 142 Å². The van der Waals surface area contributed by atoms with Crippen LogP contribution in [0, 0.1) is 52.8 Å². The van der Waals surface area contributed by atoms with E-state index in [0.717, 1.165) is 39.0 Å². The number of hydrogen-bond donors (Lipinski definition) is 2. The molecule has 4 N–H and O–H groups in total. The van der Waals surface area contributed by atoms with Gasteiger partial charge in [0.1, 0.15) is 40.4 Å². The summed E-state index contributed by atoms with van der Waals surface area (Å²) < 4.78 is 110. The van der Waals surface area contributed by atoms with Gasteiger partial charge in [0.2, 0.25) is 5.01 Å². The molecule has 0 saturated heterocycles. The quantitative estimate of drug-likeness (QED) is 0.0218. The zero-order valence-corrected chi connectivity index (χ0v) is 55.0. The van der Waals surface area contributed by atoms with Gasteiger partial charge in [-0.15, -0.1) is 18.2 Å². The van der Waals surface area contributed by atoms with Crippen LogP contribution in [0.15, 0.2) is 178 Å². The summed E-state index contributed by atoms with van der Waals surface area (Å²) in [5.74, 6) is 2.31. The van der Waals surface area contributed by atoms with E-state index in [0.29, 0.717) is 30.7 Å².